The van der Waals surface area contributed by atoms with Crippen LogP contribution < -0.4 is 5.73 Å². The first kappa shape index (κ1) is 25.4. The van der Waals surface area contributed by atoms with Crippen LogP contribution in [-0.2, 0) is 6.42 Å². The van der Waals surface area contributed by atoms with Gasteiger partial charge in [0, 0.05) is 18.7 Å². The zero-order valence-corrected chi connectivity index (χ0v) is 19.6. The minimum absolute atomic E-state index is 0.215. The van der Waals surface area contributed by atoms with Crippen molar-refractivity contribution in [2.45, 2.75) is 103 Å². The maximum atomic E-state index is 12.4. The number of amides is 1. The summed E-state index contributed by atoms with van der Waals surface area (Å²) in [5.74, 6) is 1.28. The normalized spacial score (nSPS) is 16.6. The molecule has 1 aliphatic carbocycles. The second kappa shape index (κ2) is 15.9. The van der Waals surface area contributed by atoms with E-state index in [2.05, 4.69) is 17.9 Å². The number of nitrogens with one attached hydrogen (secondary N) is 1. The molecule has 1 amide bonds. The van der Waals surface area contributed by atoms with Crippen molar-refractivity contribution in [2.24, 2.45) is 11.7 Å². The zero-order chi connectivity index (χ0) is 22.2. The quantitative estimate of drug-likeness (QED) is 0.234. The summed E-state index contributed by atoms with van der Waals surface area (Å²) in [5.41, 5.74) is 6.63. The highest BCUT2D eigenvalue weighted by atomic mass is 16.2. The Morgan fingerprint density at radius 2 is 1.42 bits per heavy atom. The van der Waals surface area contributed by atoms with Crippen molar-refractivity contribution >= 4 is 12.2 Å². The van der Waals surface area contributed by atoms with Crippen LogP contribution in [0.1, 0.15) is 112 Å². The number of hydrogen-bond donors (Lipinski definition) is 2. The third-order valence-corrected chi connectivity index (χ3v) is 6.90. The van der Waals surface area contributed by atoms with Crippen LogP contribution in [0.15, 0.2) is 24.3 Å². The maximum absolute atomic E-state index is 12.4. The first-order chi connectivity index (χ1) is 15.2. The predicted octanol–water partition coefficient (Wildman–Crippen LogP) is 6.72. The van der Waals surface area contributed by atoms with E-state index in [1.54, 1.807) is 0 Å². The van der Waals surface area contributed by atoms with E-state index in [4.69, 9.17) is 5.41 Å². The molecule has 1 aromatic rings. The van der Waals surface area contributed by atoms with E-state index >= 15 is 0 Å². The van der Waals surface area contributed by atoms with Crippen LogP contribution in [0.2, 0.25) is 0 Å². The third-order valence-electron chi connectivity index (χ3n) is 6.90. The summed E-state index contributed by atoms with van der Waals surface area (Å²) in [4.78, 5) is 14.4. The molecule has 1 saturated heterocycles. The van der Waals surface area contributed by atoms with Gasteiger partial charge in [-0.3, -0.25) is 10.2 Å². The van der Waals surface area contributed by atoms with Gasteiger partial charge in [-0.25, -0.2) is 0 Å². The molecule has 31 heavy (non-hydrogen) atoms. The van der Waals surface area contributed by atoms with Crippen LogP contribution in [0.5, 0.6) is 0 Å². The average Bonchev–Trinajstić information content (AvgIpc) is 3.34. The molecule has 0 radical (unpaired) electrons. The van der Waals surface area contributed by atoms with Crippen LogP contribution in [-0.4, -0.2) is 30.2 Å². The van der Waals surface area contributed by atoms with Crippen LogP contribution in [0.25, 0.3) is 0 Å². The fourth-order valence-electron chi connectivity index (χ4n) is 5.04. The molecule has 2 fully saturated rings. The first-order valence-electron chi connectivity index (χ1n) is 12.8. The summed E-state index contributed by atoms with van der Waals surface area (Å²) in [6.07, 6.45) is 22.9. The van der Waals surface area contributed by atoms with Gasteiger partial charge in [0.1, 0.15) is 0 Å². The van der Waals surface area contributed by atoms with Gasteiger partial charge in [-0.1, -0.05) is 89.2 Å². The molecule has 1 aromatic carbocycles. The number of rotatable bonds is 11. The Morgan fingerprint density at radius 3 is 2.03 bits per heavy atom. The number of nitrogens with two attached hydrogens (primary N) is 1. The van der Waals surface area contributed by atoms with Crippen molar-refractivity contribution in [1.29, 1.82) is 5.41 Å². The van der Waals surface area contributed by atoms with Crippen LogP contribution >= 0.6 is 0 Å². The number of benzene rings is 1. The summed E-state index contributed by atoms with van der Waals surface area (Å²) in [5, 5.41) is 5.86. The van der Waals surface area contributed by atoms with Crippen molar-refractivity contribution in [2.75, 3.05) is 13.1 Å². The Bertz CT molecular complexity index is 601. The second-order valence-electron chi connectivity index (χ2n) is 9.38. The number of carbonyl (C=O) groups excluding carboxylic acids is 1. The summed E-state index contributed by atoms with van der Waals surface area (Å²) in [6.45, 7) is 1.86. The molecule has 0 unspecified atom stereocenters. The number of carbonyl (C=O) groups is 1. The van der Waals surface area contributed by atoms with Gasteiger partial charge in [0.15, 0.2) is 0 Å². The van der Waals surface area contributed by atoms with Gasteiger partial charge >= 0.3 is 0 Å². The molecule has 0 aromatic heterocycles. The van der Waals surface area contributed by atoms with E-state index in [9.17, 15) is 4.79 Å². The molecular formula is C27H45N3O. The van der Waals surface area contributed by atoms with Crippen LogP contribution in [0, 0.1) is 11.3 Å². The lowest BCUT2D eigenvalue weighted by molar-refractivity contribution is 0.0793. The highest BCUT2D eigenvalue weighted by Gasteiger charge is 2.19. The molecule has 2 aliphatic rings. The number of likely N-dealkylation sites (tertiary alicyclic amines) is 1. The Labute approximate surface area is 190 Å². The molecule has 174 valence electrons. The van der Waals surface area contributed by atoms with Crippen molar-refractivity contribution in [3.63, 3.8) is 0 Å². The molecule has 0 spiro atoms. The van der Waals surface area contributed by atoms with Gasteiger partial charge in [-0.15, -0.1) is 0 Å². The summed E-state index contributed by atoms with van der Waals surface area (Å²) < 4.78 is 0. The molecule has 3 N–H and O–H groups in total. The fraction of sp³-hybridized carbons (Fsp3) is 0.704. The van der Waals surface area contributed by atoms with E-state index in [-0.39, 0.29) is 5.91 Å². The topological polar surface area (TPSA) is 70.2 Å². The Balaban J connectivity index is 0.00000107. The Morgan fingerprint density at radius 1 is 0.871 bits per heavy atom. The van der Waals surface area contributed by atoms with E-state index in [1.807, 2.05) is 17.0 Å². The standard InChI is InChI=1S/C26H41NO.CH4N2/c28-26(27-21-11-12-22-27)25-19-17-24(18-20-25)16-8-5-3-1-2-4-7-13-23-14-9-6-10-15-23;2-1-3/h17-20,23H,1-16,21-22H2;1H,(H3,2,3). The van der Waals surface area contributed by atoms with Gasteiger partial charge in [-0.2, -0.15) is 0 Å². The Kier molecular flexibility index (Phi) is 13.0. The minimum atomic E-state index is 0.215. The lowest BCUT2D eigenvalue weighted by Crippen LogP contribution is -2.27. The van der Waals surface area contributed by atoms with Gasteiger partial charge < -0.3 is 10.6 Å². The van der Waals surface area contributed by atoms with Crippen molar-refractivity contribution < 1.29 is 4.79 Å². The van der Waals surface area contributed by atoms with Gasteiger partial charge in [0.25, 0.3) is 5.91 Å². The number of hydrogen-bond acceptors (Lipinski definition) is 2. The lowest BCUT2D eigenvalue weighted by Gasteiger charge is -2.21. The van der Waals surface area contributed by atoms with Crippen molar-refractivity contribution in [1.82, 2.24) is 4.90 Å². The Hall–Kier alpha value is -1.84. The molecule has 3 rings (SSSR count). The van der Waals surface area contributed by atoms with Gasteiger partial charge in [0.05, 0.1) is 6.34 Å². The summed E-state index contributed by atoms with van der Waals surface area (Å²) in [7, 11) is 0. The zero-order valence-electron chi connectivity index (χ0n) is 19.6. The van der Waals surface area contributed by atoms with E-state index in [0.29, 0.717) is 0 Å². The minimum Gasteiger partial charge on any atom is -0.390 e. The molecule has 1 aliphatic heterocycles. The van der Waals surface area contributed by atoms with E-state index in [1.165, 1.54) is 89.0 Å². The van der Waals surface area contributed by atoms with Crippen LogP contribution in [0.4, 0.5) is 0 Å². The molecule has 4 heteroatoms. The third kappa shape index (κ3) is 10.3. The molecule has 4 nitrogen and oxygen atoms in total. The molecule has 1 saturated carbocycles. The number of nitrogens with zero attached hydrogens (tertiary/aromatic N) is 1. The van der Waals surface area contributed by atoms with Crippen LogP contribution in [0.3, 0.4) is 0 Å². The summed E-state index contributed by atoms with van der Waals surface area (Å²) >= 11 is 0. The number of unbranched alkanes of at least 4 members (excludes halogenated alkanes) is 6. The predicted molar refractivity (Wildman–Crippen MR) is 132 cm³/mol. The maximum Gasteiger partial charge on any atom is 0.253 e. The highest BCUT2D eigenvalue weighted by molar-refractivity contribution is 5.94. The smallest absolute Gasteiger partial charge is 0.253 e. The second-order valence-corrected chi connectivity index (χ2v) is 9.38. The molecule has 1 heterocycles. The SMILES string of the molecule is N=CN.O=C(c1ccc(CCCCCCCCCC2CCCCC2)cc1)N1CCCC1. The molecular weight excluding hydrogens is 382 g/mol. The van der Waals surface area contributed by atoms with E-state index in [0.717, 1.165) is 50.2 Å². The molecule has 0 bridgehead atoms. The molecule has 0 atom stereocenters. The monoisotopic (exact) mass is 427 g/mol. The van der Waals surface area contributed by atoms with Crippen molar-refractivity contribution in [3.8, 4) is 0 Å². The fourth-order valence-corrected chi connectivity index (χ4v) is 5.04. The lowest BCUT2D eigenvalue weighted by atomic mass is 9.85. The van der Waals surface area contributed by atoms with Gasteiger partial charge in [-0.05, 0) is 49.3 Å². The highest BCUT2D eigenvalue weighted by Crippen LogP contribution is 2.28. The summed E-state index contributed by atoms with van der Waals surface area (Å²) in [6, 6.07) is 8.38. The first-order valence-corrected chi connectivity index (χ1v) is 12.8. The largest absolute Gasteiger partial charge is 0.390 e. The number of aryl methyl sites for hydroxylation is 1. The van der Waals surface area contributed by atoms with Gasteiger partial charge in [0.2, 0.25) is 0 Å². The average molecular weight is 428 g/mol. The van der Waals surface area contributed by atoms with E-state index < -0.39 is 0 Å². The van der Waals surface area contributed by atoms with Crippen molar-refractivity contribution in [3.05, 3.63) is 35.4 Å².